The largest absolute Gasteiger partial charge is 0.419 e. The van der Waals surface area contributed by atoms with Crippen LogP contribution in [0.25, 0.3) is 11.5 Å². The molecule has 5 nitrogen and oxygen atoms in total. The summed E-state index contributed by atoms with van der Waals surface area (Å²) in [5.74, 6) is 0.971. The van der Waals surface area contributed by atoms with Crippen LogP contribution in [-0.4, -0.2) is 10.2 Å². The van der Waals surface area contributed by atoms with Crippen LogP contribution in [-0.2, 0) is 6.54 Å². The maximum atomic E-state index is 9.05. The van der Waals surface area contributed by atoms with E-state index in [4.69, 9.17) is 9.68 Å². The topological polar surface area (TPSA) is 74.7 Å². The Hall–Kier alpha value is -3.13. The normalized spacial score (nSPS) is 10.2. The van der Waals surface area contributed by atoms with Crippen molar-refractivity contribution in [1.82, 2.24) is 10.2 Å². The van der Waals surface area contributed by atoms with E-state index < -0.39 is 0 Å². The quantitative estimate of drug-likeness (QED) is 0.795. The van der Waals surface area contributed by atoms with Gasteiger partial charge in [0.05, 0.1) is 17.8 Å². The molecule has 5 heteroatoms. The minimum Gasteiger partial charge on any atom is -0.419 e. The van der Waals surface area contributed by atoms with Crippen LogP contribution >= 0.6 is 0 Å². The SMILES string of the molecule is Cc1cccc(-c2nnc(CNc3ccccc3C#N)o2)c1. The first-order valence-corrected chi connectivity index (χ1v) is 6.88. The lowest BCUT2D eigenvalue weighted by Crippen LogP contribution is -2.01. The highest BCUT2D eigenvalue weighted by Gasteiger charge is 2.09. The number of benzene rings is 2. The Balaban J connectivity index is 1.74. The van der Waals surface area contributed by atoms with Crippen LogP contribution in [0.1, 0.15) is 17.0 Å². The van der Waals surface area contributed by atoms with E-state index in [0.29, 0.717) is 23.9 Å². The number of nitriles is 1. The Morgan fingerprint density at radius 1 is 1.14 bits per heavy atom. The Morgan fingerprint density at radius 3 is 2.82 bits per heavy atom. The fourth-order valence-electron chi connectivity index (χ4n) is 2.13. The summed E-state index contributed by atoms with van der Waals surface area (Å²) in [6.07, 6.45) is 0. The molecular weight excluding hydrogens is 276 g/mol. The van der Waals surface area contributed by atoms with E-state index in [1.807, 2.05) is 49.4 Å². The van der Waals surface area contributed by atoms with Gasteiger partial charge >= 0.3 is 0 Å². The van der Waals surface area contributed by atoms with Crippen molar-refractivity contribution in [2.24, 2.45) is 0 Å². The van der Waals surface area contributed by atoms with Crippen molar-refractivity contribution in [3.05, 3.63) is 65.5 Å². The summed E-state index contributed by atoms with van der Waals surface area (Å²) in [5, 5.41) is 20.3. The van der Waals surface area contributed by atoms with E-state index in [9.17, 15) is 0 Å². The van der Waals surface area contributed by atoms with Crippen molar-refractivity contribution in [1.29, 1.82) is 5.26 Å². The van der Waals surface area contributed by atoms with Gasteiger partial charge in [0.15, 0.2) is 0 Å². The summed E-state index contributed by atoms with van der Waals surface area (Å²) in [6.45, 7) is 2.39. The van der Waals surface area contributed by atoms with Gasteiger partial charge in [-0.1, -0.05) is 29.8 Å². The third-order valence-electron chi connectivity index (χ3n) is 3.21. The molecule has 0 spiro atoms. The molecule has 3 aromatic rings. The van der Waals surface area contributed by atoms with Gasteiger partial charge in [0.1, 0.15) is 6.07 Å². The molecule has 108 valence electrons. The molecule has 1 N–H and O–H groups in total. The van der Waals surface area contributed by atoms with Crippen LogP contribution in [0.3, 0.4) is 0 Å². The third kappa shape index (κ3) is 2.96. The van der Waals surface area contributed by atoms with Crippen molar-refractivity contribution in [3.8, 4) is 17.5 Å². The van der Waals surface area contributed by atoms with Crippen LogP contribution in [0.2, 0.25) is 0 Å². The van der Waals surface area contributed by atoms with Gasteiger partial charge in [0.2, 0.25) is 11.8 Å². The first-order valence-electron chi connectivity index (χ1n) is 6.88. The number of para-hydroxylation sites is 1. The van der Waals surface area contributed by atoms with Crippen LogP contribution in [0, 0.1) is 18.3 Å². The second-order valence-electron chi connectivity index (χ2n) is 4.88. The predicted octanol–water partition coefficient (Wildman–Crippen LogP) is 3.53. The third-order valence-corrected chi connectivity index (χ3v) is 3.21. The molecule has 0 saturated carbocycles. The molecule has 0 amide bonds. The second kappa shape index (κ2) is 6.10. The summed E-state index contributed by atoms with van der Waals surface area (Å²) >= 11 is 0. The van der Waals surface area contributed by atoms with Crippen molar-refractivity contribution < 1.29 is 4.42 Å². The monoisotopic (exact) mass is 290 g/mol. The maximum absolute atomic E-state index is 9.05. The second-order valence-corrected chi connectivity index (χ2v) is 4.88. The van der Waals surface area contributed by atoms with Crippen molar-refractivity contribution in [2.45, 2.75) is 13.5 Å². The van der Waals surface area contributed by atoms with Gasteiger partial charge in [-0.15, -0.1) is 10.2 Å². The standard InChI is InChI=1S/C17H14N4O/c1-12-5-4-7-13(9-12)17-21-20-16(22-17)11-19-15-8-3-2-6-14(15)10-18/h2-9,19H,11H2,1H3. The Kier molecular flexibility index (Phi) is 3.84. The van der Waals surface area contributed by atoms with Gasteiger partial charge in [-0.3, -0.25) is 0 Å². The van der Waals surface area contributed by atoms with Gasteiger partial charge in [-0.2, -0.15) is 5.26 Å². The van der Waals surface area contributed by atoms with Gasteiger partial charge < -0.3 is 9.73 Å². The van der Waals surface area contributed by atoms with Crippen LogP contribution in [0.15, 0.2) is 52.9 Å². The summed E-state index contributed by atoms with van der Waals surface area (Å²) in [5.41, 5.74) is 3.37. The van der Waals surface area contributed by atoms with Gasteiger partial charge in [-0.05, 0) is 31.2 Å². The molecule has 0 saturated heterocycles. The van der Waals surface area contributed by atoms with Crippen molar-refractivity contribution in [3.63, 3.8) is 0 Å². The Bertz CT molecular complexity index is 832. The van der Waals surface area contributed by atoms with E-state index in [0.717, 1.165) is 16.8 Å². The van der Waals surface area contributed by atoms with Crippen LogP contribution in [0.4, 0.5) is 5.69 Å². The smallest absolute Gasteiger partial charge is 0.247 e. The molecule has 22 heavy (non-hydrogen) atoms. The number of rotatable bonds is 4. The fourth-order valence-corrected chi connectivity index (χ4v) is 2.13. The van der Waals surface area contributed by atoms with Gasteiger partial charge in [0.25, 0.3) is 0 Å². The molecular formula is C17H14N4O. The molecule has 0 aliphatic carbocycles. The fraction of sp³-hybridized carbons (Fsp3) is 0.118. The zero-order chi connectivity index (χ0) is 15.4. The zero-order valence-electron chi connectivity index (χ0n) is 12.1. The van der Waals surface area contributed by atoms with Crippen molar-refractivity contribution >= 4 is 5.69 Å². The molecule has 1 aromatic heterocycles. The number of anilines is 1. The average molecular weight is 290 g/mol. The molecule has 2 aromatic carbocycles. The van der Waals surface area contributed by atoms with Crippen molar-refractivity contribution in [2.75, 3.05) is 5.32 Å². The summed E-state index contributed by atoms with van der Waals surface area (Å²) < 4.78 is 5.65. The zero-order valence-corrected chi connectivity index (χ0v) is 12.1. The minimum absolute atomic E-state index is 0.373. The number of hydrogen-bond acceptors (Lipinski definition) is 5. The summed E-state index contributed by atoms with van der Waals surface area (Å²) in [4.78, 5) is 0. The van der Waals surface area contributed by atoms with E-state index in [1.54, 1.807) is 6.07 Å². The van der Waals surface area contributed by atoms with Gasteiger partial charge in [0, 0.05) is 5.56 Å². The van der Waals surface area contributed by atoms with E-state index in [-0.39, 0.29) is 0 Å². The number of hydrogen-bond donors (Lipinski definition) is 1. The number of nitrogens with zero attached hydrogens (tertiary/aromatic N) is 3. The summed E-state index contributed by atoms with van der Waals surface area (Å²) in [7, 11) is 0. The number of aryl methyl sites for hydroxylation is 1. The molecule has 1 heterocycles. The first-order chi connectivity index (χ1) is 10.8. The average Bonchev–Trinajstić information content (AvgIpc) is 3.02. The molecule has 0 bridgehead atoms. The highest BCUT2D eigenvalue weighted by Crippen LogP contribution is 2.20. The highest BCUT2D eigenvalue weighted by molar-refractivity contribution is 5.57. The first kappa shape index (κ1) is 13.8. The van der Waals surface area contributed by atoms with Gasteiger partial charge in [-0.25, -0.2) is 0 Å². The molecule has 0 atom stereocenters. The molecule has 0 aliphatic heterocycles. The molecule has 0 aliphatic rings. The summed E-state index contributed by atoms with van der Waals surface area (Å²) in [6, 6.07) is 17.3. The van der Waals surface area contributed by atoms with Crippen LogP contribution < -0.4 is 5.32 Å². The lowest BCUT2D eigenvalue weighted by Gasteiger charge is -2.04. The Labute approximate surface area is 128 Å². The van der Waals surface area contributed by atoms with E-state index in [2.05, 4.69) is 21.6 Å². The Morgan fingerprint density at radius 2 is 2.00 bits per heavy atom. The number of aromatic nitrogens is 2. The number of nitrogens with one attached hydrogen (secondary N) is 1. The maximum Gasteiger partial charge on any atom is 0.247 e. The highest BCUT2D eigenvalue weighted by atomic mass is 16.4. The molecule has 0 radical (unpaired) electrons. The van der Waals surface area contributed by atoms with E-state index in [1.165, 1.54) is 0 Å². The van der Waals surface area contributed by atoms with E-state index >= 15 is 0 Å². The predicted molar refractivity (Wildman–Crippen MR) is 83.0 cm³/mol. The lowest BCUT2D eigenvalue weighted by atomic mass is 10.1. The molecule has 3 rings (SSSR count). The van der Waals surface area contributed by atoms with Crippen LogP contribution in [0.5, 0.6) is 0 Å². The molecule has 0 unspecified atom stereocenters. The lowest BCUT2D eigenvalue weighted by molar-refractivity contribution is 0.515. The molecule has 0 fully saturated rings. The minimum atomic E-state index is 0.373.